The summed E-state index contributed by atoms with van der Waals surface area (Å²) < 4.78 is 15.0. The Balaban J connectivity index is 2.20. The molecule has 1 atom stereocenters. The average Bonchev–Trinajstić information content (AvgIpc) is 2.77. The fourth-order valence-electron chi connectivity index (χ4n) is 1.92. The minimum atomic E-state index is -1.19. The lowest BCUT2D eigenvalue weighted by molar-refractivity contribution is 0.0556. The highest BCUT2D eigenvalue weighted by atomic mass is 19.1. The molecule has 1 unspecified atom stereocenters. The second-order valence-corrected chi connectivity index (χ2v) is 5.22. The fraction of sp³-hybridized carbons (Fsp3) is 0.429. The molecule has 0 aromatic carbocycles. The summed E-state index contributed by atoms with van der Waals surface area (Å²) in [5.41, 5.74) is 0.0280. The van der Waals surface area contributed by atoms with Crippen molar-refractivity contribution < 1.29 is 9.50 Å². The van der Waals surface area contributed by atoms with Gasteiger partial charge >= 0.3 is 0 Å². The van der Waals surface area contributed by atoms with Gasteiger partial charge in [0, 0.05) is 30.4 Å². The first-order chi connectivity index (χ1) is 8.88. The van der Waals surface area contributed by atoms with Gasteiger partial charge in [-0.15, -0.1) is 0 Å². The molecule has 1 N–H and O–H groups in total. The molecule has 5 heteroatoms. The van der Waals surface area contributed by atoms with Crippen LogP contribution in [0.4, 0.5) is 4.39 Å². The van der Waals surface area contributed by atoms with Crippen molar-refractivity contribution in [1.29, 1.82) is 0 Å². The number of hydrogen-bond donors (Lipinski definition) is 1. The van der Waals surface area contributed by atoms with Crippen LogP contribution in [0.5, 0.6) is 0 Å². The van der Waals surface area contributed by atoms with Crippen LogP contribution >= 0.6 is 0 Å². The van der Waals surface area contributed by atoms with Crippen molar-refractivity contribution in [2.75, 3.05) is 0 Å². The van der Waals surface area contributed by atoms with E-state index in [9.17, 15) is 9.50 Å². The monoisotopic (exact) mass is 263 g/mol. The van der Waals surface area contributed by atoms with Crippen LogP contribution in [0.2, 0.25) is 0 Å². The molecular formula is C14H18FN3O. The highest BCUT2D eigenvalue weighted by Gasteiger charge is 2.25. The molecule has 2 aromatic rings. The zero-order chi connectivity index (χ0) is 14.0. The Bertz CT molecular complexity index is 563. The van der Waals surface area contributed by atoms with Gasteiger partial charge in [-0.25, -0.2) is 4.39 Å². The lowest BCUT2D eigenvalue weighted by Crippen LogP contribution is -2.25. The Labute approximate surface area is 111 Å². The highest BCUT2D eigenvalue weighted by molar-refractivity contribution is 5.20. The second kappa shape index (κ2) is 5.09. The number of hydrogen-bond acceptors (Lipinski definition) is 3. The fourth-order valence-corrected chi connectivity index (χ4v) is 1.92. The van der Waals surface area contributed by atoms with Gasteiger partial charge < -0.3 is 5.11 Å². The molecule has 0 aliphatic heterocycles. The average molecular weight is 263 g/mol. The highest BCUT2D eigenvalue weighted by Crippen LogP contribution is 2.24. The van der Waals surface area contributed by atoms with Gasteiger partial charge in [0.15, 0.2) is 0 Å². The molecule has 0 amide bonds. The maximum atomic E-state index is 13.2. The Morgan fingerprint density at radius 2 is 2.16 bits per heavy atom. The number of pyridine rings is 1. The molecule has 0 bridgehead atoms. The van der Waals surface area contributed by atoms with Crippen molar-refractivity contribution in [3.63, 3.8) is 0 Å². The van der Waals surface area contributed by atoms with Crippen LogP contribution < -0.4 is 0 Å². The zero-order valence-electron chi connectivity index (χ0n) is 11.3. The lowest BCUT2D eigenvalue weighted by atomic mass is 9.92. The number of nitrogens with zero attached hydrogens (tertiary/aromatic N) is 3. The van der Waals surface area contributed by atoms with Crippen LogP contribution in [0.1, 0.15) is 38.1 Å². The Morgan fingerprint density at radius 3 is 2.74 bits per heavy atom. The largest absolute Gasteiger partial charge is 0.385 e. The summed E-state index contributed by atoms with van der Waals surface area (Å²) in [5, 5.41) is 14.8. The van der Waals surface area contributed by atoms with Gasteiger partial charge in [0.2, 0.25) is 0 Å². The normalized spacial score (nSPS) is 14.6. The number of rotatable bonds is 4. The van der Waals surface area contributed by atoms with Crippen molar-refractivity contribution in [3.05, 3.63) is 47.8 Å². The van der Waals surface area contributed by atoms with E-state index in [0.717, 1.165) is 11.9 Å². The third-order valence-electron chi connectivity index (χ3n) is 3.04. The SMILES string of the molecule is CC(C)n1ccc(CC(C)(O)c2cncc(F)c2)n1. The van der Waals surface area contributed by atoms with E-state index in [-0.39, 0.29) is 6.04 Å². The van der Waals surface area contributed by atoms with Gasteiger partial charge in [0.25, 0.3) is 0 Å². The summed E-state index contributed by atoms with van der Waals surface area (Å²) in [6.07, 6.45) is 4.79. The van der Waals surface area contributed by atoms with Crippen LogP contribution in [0.3, 0.4) is 0 Å². The van der Waals surface area contributed by atoms with Gasteiger partial charge in [-0.1, -0.05) is 0 Å². The van der Waals surface area contributed by atoms with Crippen LogP contribution in [-0.4, -0.2) is 19.9 Å². The van der Waals surface area contributed by atoms with E-state index < -0.39 is 11.4 Å². The first-order valence-corrected chi connectivity index (χ1v) is 6.26. The lowest BCUT2D eigenvalue weighted by Gasteiger charge is -2.22. The van der Waals surface area contributed by atoms with Crippen molar-refractivity contribution in [2.24, 2.45) is 0 Å². The van der Waals surface area contributed by atoms with E-state index in [2.05, 4.69) is 10.1 Å². The number of aromatic nitrogens is 3. The second-order valence-electron chi connectivity index (χ2n) is 5.22. The molecule has 0 aliphatic carbocycles. The molecular weight excluding hydrogens is 245 g/mol. The van der Waals surface area contributed by atoms with E-state index in [4.69, 9.17) is 0 Å². The zero-order valence-corrected chi connectivity index (χ0v) is 11.3. The summed E-state index contributed by atoms with van der Waals surface area (Å²) in [6, 6.07) is 3.43. The third kappa shape index (κ3) is 3.17. The third-order valence-corrected chi connectivity index (χ3v) is 3.04. The van der Waals surface area contributed by atoms with E-state index in [1.807, 2.05) is 30.8 Å². The Hall–Kier alpha value is -1.75. The minimum absolute atomic E-state index is 0.273. The van der Waals surface area contributed by atoms with Crippen molar-refractivity contribution in [2.45, 2.75) is 38.8 Å². The minimum Gasteiger partial charge on any atom is -0.385 e. The van der Waals surface area contributed by atoms with Gasteiger partial charge in [-0.05, 0) is 32.9 Å². The van der Waals surface area contributed by atoms with Crippen LogP contribution in [0, 0.1) is 5.82 Å². The van der Waals surface area contributed by atoms with Crippen molar-refractivity contribution in [3.8, 4) is 0 Å². The molecule has 0 radical (unpaired) electrons. The topological polar surface area (TPSA) is 50.9 Å². The predicted molar refractivity (Wildman–Crippen MR) is 70.1 cm³/mol. The standard InChI is InChI=1S/C14H18FN3O/c1-10(2)18-5-4-13(17-18)7-14(3,19)11-6-12(15)9-16-8-11/h4-6,8-10,19H,7H2,1-3H3. The molecule has 0 fully saturated rings. The number of halogens is 1. The molecule has 0 saturated heterocycles. The molecule has 2 heterocycles. The Kier molecular flexibility index (Phi) is 3.66. The van der Waals surface area contributed by atoms with Crippen molar-refractivity contribution >= 4 is 0 Å². The maximum absolute atomic E-state index is 13.2. The van der Waals surface area contributed by atoms with Gasteiger partial charge in [0.05, 0.1) is 17.5 Å². The summed E-state index contributed by atoms with van der Waals surface area (Å²) in [7, 11) is 0. The van der Waals surface area contributed by atoms with E-state index >= 15 is 0 Å². The van der Waals surface area contributed by atoms with Crippen molar-refractivity contribution in [1.82, 2.24) is 14.8 Å². The molecule has 102 valence electrons. The van der Waals surface area contributed by atoms with Crippen LogP contribution in [-0.2, 0) is 12.0 Å². The van der Waals surface area contributed by atoms with Gasteiger partial charge in [-0.3, -0.25) is 9.67 Å². The molecule has 0 saturated carbocycles. The summed E-state index contributed by atoms with van der Waals surface area (Å²) in [6.45, 7) is 5.70. The smallest absolute Gasteiger partial charge is 0.141 e. The molecule has 0 spiro atoms. The maximum Gasteiger partial charge on any atom is 0.141 e. The summed E-state index contributed by atoms with van der Waals surface area (Å²) >= 11 is 0. The Morgan fingerprint density at radius 1 is 1.42 bits per heavy atom. The quantitative estimate of drug-likeness (QED) is 0.921. The summed E-state index contributed by atoms with van der Waals surface area (Å²) in [5.74, 6) is -0.453. The number of aliphatic hydroxyl groups is 1. The molecule has 0 aliphatic rings. The summed E-state index contributed by atoms with van der Waals surface area (Å²) in [4.78, 5) is 3.76. The van der Waals surface area contributed by atoms with E-state index in [1.54, 1.807) is 6.92 Å². The van der Waals surface area contributed by atoms with E-state index in [1.165, 1.54) is 12.3 Å². The van der Waals surface area contributed by atoms with Crippen LogP contribution in [0.15, 0.2) is 30.7 Å². The first kappa shape index (κ1) is 13.7. The predicted octanol–water partition coefficient (Wildman–Crippen LogP) is 2.45. The van der Waals surface area contributed by atoms with E-state index in [0.29, 0.717) is 12.0 Å². The van der Waals surface area contributed by atoms with Gasteiger partial charge in [0.1, 0.15) is 5.82 Å². The van der Waals surface area contributed by atoms with Crippen LogP contribution in [0.25, 0.3) is 0 Å². The molecule has 2 rings (SSSR count). The van der Waals surface area contributed by atoms with Gasteiger partial charge in [-0.2, -0.15) is 5.10 Å². The molecule has 4 nitrogen and oxygen atoms in total. The molecule has 2 aromatic heterocycles. The first-order valence-electron chi connectivity index (χ1n) is 6.26. The molecule has 19 heavy (non-hydrogen) atoms.